The minimum atomic E-state index is 0.167. The molecule has 3 heteroatoms. The molecule has 0 spiro atoms. The molecule has 0 amide bonds. The van der Waals surface area contributed by atoms with Crippen molar-refractivity contribution < 1.29 is 9.47 Å². The maximum absolute atomic E-state index is 9.41. The Morgan fingerprint density at radius 2 is 2.00 bits per heavy atom. The second-order valence-corrected chi connectivity index (χ2v) is 4.43. The maximum Gasteiger partial charge on any atom is 0.148 e. The van der Waals surface area contributed by atoms with E-state index in [2.05, 4.69) is 12.0 Å². The van der Waals surface area contributed by atoms with Gasteiger partial charge >= 0.3 is 0 Å². The number of rotatable bonds is 5. The Kier molecular flexibility index (Phi) is 5.24. The summed E-state index contributed by atoms with van der Waals surface area (Å²) in [5, 5.41) is 9.41. The summed E-state index contributed by atoms with van der Waals surface area (Å²) in [4.78, 5) is 0. The molecule has 2 aromatic rings. The molecule has 0 N–H and O–H groups in total. The van der Waals surface area contributed by atoms with Gasteiger partial charge in [-0.2, -0.15) is 5.26 Å². The van der Waals surface area contributed by atoms with Gasteiger partial charge < -0.3 is 9.47 Å². The van der Waals surface area contributed by atoms with Crippen molar-refractivity contribution in [2.45, 2.75) is 0 Å². The molecule has 0 aromatic heterocycles. The van der Waals surface area contributed by atoms with Crippen LogP contribution in [0.15, 0.2) is 48.5 Å². The van der Waals surface area contributed by atoms with Crippen molar-refractivity contribution in [2.24, 2.45) is 0 Å². The van der Waals surface area contributed by atoms with Crippen LogP contribution in [0.3, 0.4) is 0 Å². The molecule has 0 fully saturated rings. The van der Waals surface area contributed by atoms with E-state index in [1.54, 1.807) is 25.3 Å². The summed E-state index contributed by atoms with van der Waals surface area (Å²) in [5.74, 6) is 3.73. The van der Waals surface area contributed by atoms with Gasteiger partial charge in [0.05, 0.1) is 18.8 Å². The summed E-state index contributed by atoms with van der Waals surface area (Å²) in [6, 6.07) is 17.1. The summed E-state index contributed by atoms with van der Waals surface area (Å²) in [6.45, 7) is 0.167. The van der Waals surface area contributed by atoms with Crippen LogP contribution in [0.4, 0.5) is 0 Å². The first-order valence-corrected chi connectivity index (χ1v) is 6.70. The average molecular weight is 289 g/mol. The number of nitriles is 1. The number of hydrogen-bond acceptors (Lipinski definition) is 3. The Morgan fingerprint density at radius 1 is 1.23 bits per heavy atom. The molecule has 3 nitrogen and oxygen atoms in total. The zero-order chi connectivity index (χ0) is 15.8. The molecular weight excluding hydrogens is 274 g/mol. The first-order chi connectivity index (χ1) is 10.8. The lowest BCUT2D eigenvalue weighted by Crippen LogP contribution is -1.96. The van der Waals surface area contributed by atoms with Crippen LogP contribution < -0.4 is 9.47 Å². The minimum Gasteiger partial charge on any atom is -0.497 e. The zero-order valence-corrected chi connectivity index (χ0v) is 12.2. The van der Waals surface area contributed by atoms with Gasteiger partial charge in [0.15, 0.2) is 0 Å². The number of ether oxygens (including phenoxy) is 2. The van der Waals surface area contributed by atoms with Gasteiger partial charge in [-0.3, -0.25) is 0 Å². The van der Waals surface area contributed by atoms with Crippen molar-refractivity contribution >= 4 is 11.6 Å². The van der Waals surface area contributed by atoms with Gasteiger partial charge in [-0.1, -0.05) is 36.3 Å². The van der Waals surface area contributed by atoms with E-state index >= 15 is 0 Å². The van der Waals surface area contributed by atoms with Crippen LogP contribution in [0, 0.1) is 23.7 Å². The van der Waals surface area contributed by atoms with Gasteiger partial charge in [0.2, 0.25) is 0 Å². The lowest BCUT2D eigenvalue weighted by atomic mass is 10.0. The third-order valence-corrected chi connectivity index (χ3v) is 3.03. The van der Waals surface area contributed by atoms with E-state index in [1.165, 1.54) is 0 Å². The van der Waals surface area contributed by atoms with Gasteiger partial charge in [-0.25, -0.2) is 0 Å². The van der Waals surface area contributed by atoms with Crippen LogP contribution in [-0.4, -0.2) is 13.7 Å². The van der Waals surface area contributed by atoms with E-state index in [0.717, 1.165) is 11.1 Å². The average Bonchev–Trinajstić information content (AvgIpc) is 2.59. The number of methoxy groups -OCH3 is 1. The highest BCUT2D eigenvalue weighted by Crippen LogP contribution is 2.28. The first kappa shape index (κ1) is 15.2. The maximum atomic E-state index is 9.41. The Balaban J connectivity index is 2.47. The van der Waals surface area contributed by atoms with Crippen molar-refractivity contribution in [3.63, 3.8) is 0 Å². The van der Waals surface area contributed by atoms with Crippen LogP contribution in [-0.2, 0) is 0 Å². The van der Waals surface area contributed by atoms with Crippen LogP contribution in [0.25, 0.3) is 11.6 Å². The van der Waals surface area contributed by atoms with Gasteiger partial charge in [0.1, 0.15) is 18.1 Å². The van der Waals surface area contributed by atoms with Gasteiger partial charge in [0, 0.05) is 5.56 Å². The lowest BCUT2D eigenvalue weighted by molar-refractivity contribution is 0.367. The summed E-state index contributed by atoms with van der Waals surface area (Å²) in [7, 11) is 1.59. The number of nitrogens with zero attached hydrogens (tertiary/aromatic N) is 1. The van der Waals surface area contributed by atoms with Crippen LogP contribution in [0.2, 0.25) is 0 Å². The van der Waals surface area contributed by atoms with E-state index in [1.807, 2.05) is 36.4 Å². The Bertz CT molecular complexity index is 749. The highest BCUT2D eigenvalue weighted by molar-refractivity contribution is 5.90. The third-order valence-electron chi connectivity index (χ3n) is 3.03. The fourth-order valence-corrected chi connectivity index (χ4v) is 1.97. The highest BCUT2D eigenvalue weighted by atomic mass is 16.5. The normalized spacial score (nSPS) is 10.4. The molecule has 0 saturated carbocycles. The predicted octanol–water partition coefficient (Wildman–Crippen LogP) is 3.77. The lowest BCUT2D eigenvalue weighted by Gasteiger charge is -2.09. The minimum absolute atomic E-state index is 0.167. The van der Waals surface area contributed by atoms with E-state index in [9.17, 15) is 5.26 Å². The molecule has 0 saturated heterocycles. The Morgan fingerprint density at radius 3 is 2.64 bits per heavy atom. The number of terminal acetylenes is 1. The van der Waals surface area contributed by atoms with E-state index in [-0.39, 0.29) is 6.61 Å². The molecule has 0 bridgehead atoms. The standard InChI is InChI=1S/C19H15NO2/c1-3-11-22-19-10-9-18(21-2)13-16(19)12-17(14-20)15-7-5-4-6-8-15/h1,4-10,12-13H,11H2,2H3/b17-12-. The molecule has 0 heterocycles. The fourth-order valence-electron chi connectivity index (χ4n) is 1.97. The van der Waals surface area contributed by atoms with Crippen molar-refractivity contribution in [1.29, 1.82) is 5.26 Å². The molecule has 0 aliphatic heterocycles. The molecule has 0 unspecified atom stereocenters. The summed E-state index contributed by atoms with van der Waals surface area (Å²) >= 11 is 0. The first-order valence-electron chi connectivity index (χ1n) is 6.70. The molecule has 0 aliphatic carbocycles. The van der Waals surface area contributed by atoms with E-state index in [4.69, 9.17) is 15.9 Å². The fraction of sp³-hybridized carbons (Fsp3) is 0.105. The van der Waals surface area contributed by atoms with Crippen molar-refractivity contribution in [1.82, 2.24) is 0 Å². The molecule has 0 atom stereocenters. The molecule has 2 aromatic carbocycles. The second-order valence-electron chi connectivity index (χ2n) is 4.43. The van der Waals surface area contributed by atoms with E-state index in [0.29, 0.717) is 17.1 Å². The molecular formula is C19H15NO2. The summed E-state index contributed by atoms with van der Waals surface area (Å²) in [5.41, 5.74) is 2.13. The molecule has 0 radical (unpaired) electrons. The monoisotopic (exact) mass is 289 g/mol. The molecule has 22 heavy (non-hydrogen) atoms. The second kappa shape index (κ2) is 7.57. The van der Waals surface area contributed by atoms with Crippen molar-refractivity contribution in [3.05, 3.63) is 59.7 Å². The third kappa shape index (κ3) is 3.69. The summed E-state index contributed by atoms with van der Waals surface area (Å²) < 4.78 is 10.7. The van der Waals surface area contributed by atoms with Gasteiger partial charge in [0.25, 0.3) is 0 Å². The quantitative estimate of drug-likeness (QED) is 0.478. The number of benzene rings is 2. The Labute approximate surface area is 130 Å². The van der Waals surface area contributed by atoms with Crippen LogP contribution >= 0.6 is 0 Å². The number of hydrogen-bond donors (Lipinski definition) is 0. The SMILES string of the molecule is C#CCOc1ccc(OC)cc1/C=C(/C#N)c1ccccc1. The topological polar surface area (TPSA) is 42.2 Å². The van der Waals surface area contributed by atoms with Gasteiger partial charge in [-0.15, -0.1) is 6.42 Å². The Hall–Kier alpha value is -3.17. The van der Waals surface area contributed by atoms with Crippen molar-refractivity contribution in [2.75, 3.05) is 13.7 Å². The molecule has 0 aliphatic rings. The molecule has 108 valence electrons. The zero-order valence-electron chi connectivity index (χ0n) is 12.2. The van der Waals surface area contributed by atoms with Crippen LogP contribution in [0.1, 0.15) is 11.1 Å². The largest absolute Gasteiger partial charge is 0.497 e. The highest BCUT2D eigenvalue weighted by Gasteiger charge is 2.07. The van der Waals surface area contributed by atoms with Gasteiger partial charge in [-0.05, 0) is 29.8 Å². The van der Waals surface area contributed by atoms with E-state index < -0.39 is 0 Å². The predicted molar refractivity (Wildman–Crippen MR) is 87.2 cm³/mol. The smallest absolute Gasteiger partial charge is 0.148 e. The number of allylic oxidation sites excluding steroid dienone is 1. The van der Waals surface area contributed by atoms with Crippen LogP contribution in [0.5, 0.6) is 11.5 Å². The summed E-state index contributed by atoms with van der Waals surface area (Å²) in [6.07, 6.45) is 7.00. The van der Waals surface area contributed by atoms with Crippen molar-refractivity contribution in [3.8, 4) is 29.9 Å². The molecule has 2 rings (SSSR count).